The van der Waals surface area contributed by atoms with Gasteiger partial charge in [0.25, 0.3) is 0 Å². The quantitative estimate of drug-likeness (QED) is 0.707. The van der Waals surface area contributed by atoms with Crippen molar-refractivity contribution in [3.05, 3.63) is 23.5 Å². The minimum absolute atomic E-state index is 0.0981. The molecule has 2 aliphatic carbocycles. The molecule has 4 unspecified atom stereocenters. The molecule has 0 spiro atoms. The van der Waals surface area contributed by atoms with Gasteiger partial charge in [0.2, 0.25) is 0 Å². The molecule has 0 N–H and O–H groups in total. The number of hydrazone groups is 2. The van der Waals surface area contributed by atoms with Gasteiger partial charge in [-0.1, -0.05) is 32.9 Å². The number of fused-ring (bicyclic) bond motifs is 7. The molecule has 5 fully saturated rings. The Morgan fingerprint density at radius 2 is 1.63 bits per heavy atom. The van der Waals surface area contributed by atoms with Gasteiger partial charge in [0, 0.05) is 46.5 Å². The minimum atomic E-state index is 0.0981. The van der Waals surface area contributed by atoms with E-state index in [1.54, 1.807) is 5.70 Å². The van der Waals surface area contributed by atoms with Crippen LogP contribution in [0.5, 0.6) is 0 Å². The predicted molar refractivity (Wildman–Crippen MR) is 109 cm³/mol. The van der Waals surface area contributed by atoms with Crippen molar-refractivity contribution in [3.8, 4) is 0 Å². The number of hydrogen-bond donors (Lipinski definition) is 0. The molecule has 4 nitrogen and oxygen atoms in total. The van der Waals surface area contributed by atoms with Crippen molar-refractivity contribution >= 4 is 12.4 Å². The van der Waals surface area contributed by atoms with Crippen LogP contribution in [0.25, 0.3) is 0 Å². The topological polar surface area (TPSA) is 31.2 Å². The lowest BCUT2D eigenvalue weighted by Crippen LogP contribution is -2.46. The van der Waals surface area contributed by atoms with E-state index in [0.717, 1.165) is 11.8 Å². The molecule has 0 aromatic rings. The molecular weight excluding hydrogens is 332 g/mol. The first-order valence-corrected chi connectivity index (χ1v) is 11.1. The highest BCUT2D eigenvalue weighted by Gasteiger charge is 2.51. The first-order valence-electron chi connectivity index (χ1n) is 11.1. The summed E-state index contributed by atoms with van der Waals surface area (Å²) in [5, 5.41) is 14.5. The monoisotopic (exact) mass is 364 g/mol. The van der Waals surface area contributed by atoms with Gasteiger partial charge in [0.15, 0.2) is 0 Å². The van der Waals surface area contributed by atoms with Crippen LogP contribution in [0.15, 0.2) is 33.7 Å². The smallest absolute Gasteiger partial charge is 0.0531 e. The maximum atomic E-state index is 4.99. The fraction of sp³-hybridized carbons (Fsp3) is 0.739. The zero-order chi connectivity index (χ0) is 18.4. The molecule has 4 heteroatoms. The third kappa shape index (κ3) is 2.41. The molecule has 0 amide bonds. The van der Waals surface area contributed by atoms with Gasteiger partial charge in [-0.05, 0) is 50.9 Å². The molecular formula is C23H32N4. The Morgan fingerprint density at radius 1 is 0.889 bits per heavy atom. The highest BCUT2D eigenvalue weighted by Crippen LogP contribution is 2.55. The lowest BCUT2D eigenvalue weighted by Gasteiger charge is -2.49. The van der Waals surface area contributed by atoms with E-state index in [4.69, 9.17) is 10.2 Å². The fourth-order valence-electron chi connectivity index (χ4n) is 6.83. The lowest BCUT2D eigenvalue weighted by molar-refractivity contribution is 0.0960. The molecule has 3 saturated heterocycles. The van der Waals surface area contributed by atoms with Crippen LogP contribution in [0.4, 0.5) is 0 Å². The van der Waals surface area contributed by atoms with Crippen molar-refractivity contribution in [2.75, 3.05) is 0 Å². The summed E-state index contributed by atoms with van der Waals surface area (Å²) in [6, 6.07) is 1.29. The molecule has 4 bridgehead atoms. The number of hydrogen-bond acceptors (Lipinski definition) is 4. The van der Waals surface area contributed by atoms with Crippen LogP contribution >= 0.6 is 0 Å². The molecule has 5 aliphatic heterocycles. The Hall–Kier alpha value is -1.58. The average molecular weight is 365 g/mol. The Labute approximate surface area is 163 Å². The Balaban J connectivity index is 1.25. The molecule has 0 aromatic heterocycles. The molecule has 0 aromatic carbocycles. The van der Waals surface area contributed by atoms with Crippen molar-refractivity contribution in [2.45, 2.75) is 77.8 Å². The van der Waals surface area contributed by atoms with E-state index in [9.17, 15) is 0 Å². The van der Waals surface area contributed by atoms with E-state index in [1.807, 2.05) is 0 Å². The predicted octanol–water partition coefficient (Wildman–Crippen LogP) is 4.76. The van der Waals surface area contributed by atoms with Crippen molar-refractivity contribution in [2.24, 2.45) is 38.8 Å². The van der Waals surface area contributed by atoms with Gasteiger partial charge < -0.3 is 0 Å². The second kappa shape index (κ2) is 5.27. The van der Waals surface area contributed by atoms with Gasteiger partial charge in [0.1, 0.15) is 0 Å². The van der Waals surface area contributed by atoms with Crippen LogP contribution in [-0.4, -0.2) is 34.5 Å². The number of rotatable bonds is 2. The van der Waals surface area contributed by atoms with Crippen LogP contribution in [-0.2, 0) is 0 Å². The van der Waals surface area contributed by atoms with Crippen LogP contribution < -0.4 is 0 Å². The van der Waals surface area contributed by atoms with Gasteiger partial charge in [0.05, 0.1) is 12.1 Å². The minimum Gasteiger partial charge on any atom is -0.267 e. The number of nitrogens with zero attached hydrogens (tertiary/aromatic N) is 4. The third-order valence-electron chi connectivity index (χ3n) is 8.08. The first-order chi connectivity index (χ1) is 12.9. The Kier molecular flexibility index (Phi) is 3.20. The largest absolute Gasteiger partial charge is 0.267 e. The molecule has 2 saturated carbocycles. The van der Waals surface area contributed by atoms with Crippen LogP contribution in [0.2, 0.25) is 0 Å². The van der Waals surface area contributed by atoms with E-state index in [1.165, 1.54) is 50.6 Å². The van der Waals surface area contributed by atoms with E-state index in [2.05, 4.69) is 55.4 Å². The van der Waals surface area contributed by atoms with E-state index >= 15 is 0 Å². The summed E-state index contributed by atoms with van der Waals surface area (Å²) in [4.78, 5) is 0. The van der Waals surface area contributed by atoms with E-state index < -0.39 is 0 Å². The molecule has 27 heavy (non-hydrogen) atoms. The summed E-state index contributed by atoms with van der Waals surface area (Å²) in [6.07, 6.45) is 18.7. The van der Waals surface area contributed by atoms with Crippen molar-refractivity contribution < 1.29 is 0 Å². The number of piperidine rings is 3. The van der Waals surface area contributed by atoms with E-state index in [0.29, 0.717) is 18.0 Å². The molecule has 7 rings (SSSR count). The second-order valence-electron chi connectivity index (χ2n) is 10.8. The molecule has 0 radical (unpaired) electrons. The zero-order valence-corrected chi connectivity index (χ0v) is 16.9. The molecule has 7 aliphatic rings. The van der Waals surface area contributed by atoms with Gasteiger partial charge in [-0.25, -0.2) is 0 Å². The molecule has 4 atom stereocenters. The van der Waals surface area contributed by atoms with Gasteiger partial charge in [-0.2, -0.15) is 10.2 Å². The summed E-state index contributed by atoms with van der Waals surface area (Å²) in [6.45, 7) is 6.96. The summed E-state index contributed by atoms with van der Waals surface area (Å²) >= 11 is 0. The van der Waals surface area contributed by atoms with Crippen molar-refractivity contribution in [1.82, 2.24) is 10.0 Å². The zero-order valence-electron chi connectivity index (χ0n) is 16.9. The maximum Gasteiger partial charge on any atom is 0.0531 e. The van der Waals surface area contributed by atoms with Crippen LogP contribution in [0.3, 0.4) is 0 Å². The highest BCUT2D eigenvalue weighted by molar-refractivity contribution is 5.70. The molecule has 5 heterocycles. The lowest BCUT2D eigenvalue weighted by atomic mass is 9.71. The standard InChI is InChI=1S/C23H32N4/c1-22(2)11-21-19-9-18(27(21)24-13-22)8-16(19)10-23(3)12-20-15-4-6-17(7-5-15)26(20)25-14-23/h11-19H,4-10H2,1-3H3. The summed E-state index contributed by atoms with van der Waals surface area (Å²) < 4.78 is 0. The van der Waals surface area contributed by atoms with Gasteiger partial charge in [-0.15, -0.1) is 0 Å². The summed E-state index contributed by atoms with van der Waals surface area (Å²) in [5.74, 6) is 2.22. The second-order valence-corrected chi connectivity index (χ2v) is 10.8. The fourth-order valence-corrected chi connectivity index (χ4v) is 6.83. The third-order valence-corrected chi connectivity index (χ3v) is 8.08. The van der Waals surface area contributed by atoms with Crippen LogP contribution in [0, 0.1) is 28.6 Å². The SMILES string of the molecule is CC1(C)C=NN2C(=C1)C1CC2CC1CC1(C)C=NN2C(=C1)C1CCC2CC1. The number of allylic oxidation sites excluding steroid dienone is 4. The van der Waals surface area contributed by atoms with E-state index in [-0.39, 0.29) is 10.8 Å². The summed E-state index contributed by atoms with van der Waals surface area (Å²) in [7, 11) is 0. The molecule has 144 valence electrons. The van der Waals surface area contributed by atoms with Gasteiger partial charge >= 0.3 is 0 Å². The van der Waals surface area contributed by atoms with Crippen LogP contribution in [0.1, 0.15) is 65.7 Å². The Bertz CT molecular complexity index is 782. The first kappa shape index (κ1) is 16.4. The highest BCUT2D eigenvalue weighted by atomic mass is 15.5. The van der Waals surface area contributed by atoms with Crippen molar-refractivity contribution in [1.29, 1.82) is 0 Å². The average Bonchev–Trinajstić information content (AvgIpc) is 3.19. The Morgan fingerprint density at radius 3 is 2.44 bits per heavy atom. The van der Waals surface area contributed by atoms with Gasteiger partial charge in [-0.3, -0.25) is 10.0 Å². The summed E-state index contributed by atoms with van der Waals surface area (Å²) in [5.41, 5.74) is 3.28. The van der Waals surface area contributed by atoms with Crippen molar-refractivity contribution in [3.63, 3.8) is 0 Å². The normalized spacial score (nSPS) is 45.7. The maximum absolute atomic E-state index is 4.99.